The number of nitrogen functional groups attached to an aromatic ring is 1. The number of nitrogens with two attached hydrogens (primary N) is 2. The summed E-state index contributed by atoms with van der Waals surface area (Å²) < 4.78 is 0.977. The van der Waals surface area contributed by atoms with E-state index in [1.54, 1.807) is 13.8 Å². The predicted octanol–water partition coefficient (Wildman–Crippen LogP) is 2.18. The SMILES string of the molecule is Cc1ccc2c(N)c(C(=O)NC(C)(C)CC(N)=O)sc2c1. The van der Waals surface area contributed by atoms with Crippen LogP contribution < -0.4 is 16.8 Å². The van der Waals surface area contributed by atoms with Crippen LogP contribution >= 0.6 is 11.3 Å². The van der Waals surface area contributed by atoms with E-state index in [2.05, 4.69) is 5.32 Å². The summed E-state index contributed by atoms with van der Waals surface area (Å²) >= 11 is 1.35. The van der Waals surface area contributed by atoms with Gasteiger partial charge in [-0.3, -0.25) is 9.59 Å². The lowest BCUT2D eigenvalue weighted by Gasteiger charge is -2.24. The number of benzene rings is 1. The molecular weight excluding hydrogens is 286 g/mol. The van der Waals surface area contributed by atoms with E-state index in [4.69, 9.17) is 11.5 Å². The maximum absolute atomic E-state index is 12.4. The van der Waals surface area contributed by atoms with Crippen molar-refractivity contribution in [3.63, 3.8) is 0 Å². The molecule has 0 saturated carbocycles. The predicted molar refractivity (Wildman–Crippen MR) is 86.3 cm³/mol. The summed E-state index contributed by atoms with van der Waals surface area (Å²) in [5, 5.41) is 3.69. The molecule has 2 amide bonds. The van der Waals surface area contributed by atoms with Crippen LogP contribution in [0.3, 0.4) is 0 Å². The molecule has 21 heavy (non-hydrogen) atoms. The van der Waals surface area contributed by atoms with Crippen LogP contribution in [-0.2, 0) is 4.79 Å². The first-order chi connectivity index (χ1) is 9.69. The Hall–Kier alpha value is -2.08. The van der Waals surface area contributed by atoms with Crippen LogP contribution in [0.2, 0.25) is 0 Å². The van der Waals surface area contributed by atoms with Gasteiger partial charge in [-0.05, 0) is 32.4 Å². The Morgan fingerprint density at radius 1 is 1.33 bits per heavy atom. The lowest BCUT2D eigenvalue weighted by Crippen LogP contribution is -2.45. The number of fused-ring (bicyclic) bond motifs is 1. The molecule has 0 bridgehead atoms. The number of anilines is 1. The Morgan fingerprint density at radius 2 is 2.00 bits per heavy atom. The van der Waals surface area contributed by atoms with Crippen molar-refractivity contribution >= 4 is 38.9 Å². The second-order valence-corrected chi connectivity index (χ2v) is 6.88. The van der Waals surface area contributed by atoms with Gasteiger partial charge in [0.25, 0.3) is 5.91 Å². The molecule has 112 valence electrons. The number of hydrogen-bond donors (Lipinski definition) is 3. The van der Waals surface area contributed by atoms with E-state index in [1.807, 2.05) is 25.1 Å². The van der Waals surface area contributed by atoms with E-state index in [1.165, 1.54) is 11.3 Å². The molecule has 5 nitrogen and oxygen atoms in total. The largest absolute Gasteiger partial charge is 0.397 e. The molecule has 0 radical (unpaired) electrons. The Bertz CT molecular complexity index is 719. The topological polar surface area (TPSA) is 98.2 Å². The van der Waals surface area contributed by atoms with Crippen molar-refractivity contribution in [2.75, 3.05) is 5.73 Å². The van der Waals surface area contributed by atoms with Crippen LogP contribution in [0.15, 0.2) is 18.2 Å². The van der Waals surface area contributed by atoms with Gasteiger partial charge in [0, 0.05) is 22.0 Å². The zero-order chi connectivity index (χ0) is 15.8. The Kier molecular flexibility index (Phi) is 3.91. The van der Waals surface area contributed by atoms with E-state index in [9.17, 15) is 9.59 Å². The molecule has 2 aromatic rings. The van der Waals surface area contributed by atoms with Crippen molar-refractivity contribution in [2.24, 2.45) is 5.73 Å². The van der Waals surface area contributed by atoms with Crippen molar-refractivity contribution in [2.45, 2.75) is 32.7 Å². The average molecular weight is 305 g/mol. The third-order valence-corrected chi connectivity index (χ3v) is 4.33. The maximum atomic E-state index is 12.4. The highest BCUT2D eigenvalue weighted by molar-refractivity contribution is 7.21. The van der Waals surface area contributed by atoms with E-state index in [0.717, 1.165) is 15.6 Å². The Labute approximate surface area is 127 Å². The zero-order valence-electron chi connectivity index (χ0n) is 12.3. The molecule has 0 unspecified atom stereocenters. The van der Waals surface area contributed by atoms with Gasteiger partial charge in [-0.25, -0.2) is 0 Å². The number of nitrogens with one attached hydrogen (secondary N) is 1. The van der Waals surface area contributed by atoms with E-state index >= 15 is 0 Å². The molecule has 0 aliphatic heterocycles. The van der Waals surface area contributed by atoms with Gasteiger partial charge in [0.15, 0.2) is 0 Å². The quantitative estimate of drug-likeness (QED) is 0.807. The van der Waals surface area contributed by atoms with Crippen LogP contribution in [0.25, 0.3) is 10.1 Å². The standard InChI is InChI=1S/C15H19N3O2S/c1-8-4-5-9-10(6-8)21-13(12(9)17)14(20)18-15(2,3)7-11(16)19/h4-6H,7,17H2,1-3H3,(H2,16,19)(H,18,20). The van der Waals surface area contributed by atoms with Crippen molar-refractivity contribution in [1.82, 2.24) is 5.32 Å². The number of carbonyl (C=O) groups excluding carboxylic acids is 2. The van der Waals surface area contributed by atoms with Crippen molar-refractivity contribution in [3.05, 3.63) is 28.6 Å². The molecule has 1 aromatic heterocycles. The number of aryl methyl sites for hydroxylation is 1. The van der Waals surface area contributed by atoms with E-state index in [0.29, 0.717) is 10.6 Å². The summed E-state index contributed by atoms with van der Waals surface area (Å²) in [4.78, 5) is 23.9. The van der Waals surface area contributed by atoms with Gasteiger partial charge in [-0.1, -0.05) is 12.1 Å². The second kappa shape index (κ2) is 5.37. The first-order valence-electron chi connectivity index (χ1n) is 6.59. The summed E-state index contributed by atoms with van der Waals surface area (Å²) in [6, 6.07) is 5.88. The van der Waals surface area contributed by atoms with E-state index < -0.39 is 11.4 Å². The first-order valence-corrected chi connectivity index (χ1v) is 7.41. The molecule has 0 saturated heterocycles. The molecule has 0 aliphatic carbocycles. The number of rotatable bonds is 4. The fourth-order valence-electron chi connectivity index (χ4n) is 2.24. The number of thiophene rings is 1. The van der Waals surface area contributed by atoms with Gasteiger partial charge in [-0.15, -0.1) is 11.3 Å². The van der Waals surface area contributed by atoms with Gasteiger partial charge in [0.2, 0.25) is 5.91 Å². The highest BCUT2D eigenvalue weighted by atomic mass is 32.1. The third-order valence-electron chi connectivity index (χ3n) is 3.16. The van der Waals surface area contributed by atoms with Crippen molar-refractivity contribution < 1.29 is 9.59 Å². The lowest BCUT2D eigenvalue weighted by atomic mass is 10.00. The van der Waals surface area contributed by atoms with Crippen molar-refractivity contribution in [1.29, 1.82) is 0 Å². The third kappa shape index (κ3) is 3.33. The monoisotopic (exact) mass is 305 g/mol. The molecule has 0 spiro atoms. The summed E-state index contributed by atoms with van der Waals surface area (Å²) in [6.07, 6.45) is 0.0721. The molecule has 5 N–H and O–H groups in total. The molecule has 0 atom stereocenters. The average Bonchev–Trinajstić information content (AvgIpc) is 2.63. The minimum absolute atomic E-state index is 0.0721. The molecular formula is C15H19N3O2S. The molecule has 6 heteroatoms. The van der Waals surface area contributed by atoms with E-state index in [-0.39, 0.29) is 12.3 Å². The Morgan fingerprint density at radius 3 is 2.62 bits per heavy atom. The highest BCUT2D eigenvalue weighted by Gasteiger charge is 2.26. The smallest absolute Gasteiger partial charge is 0.263 e. The number of amides is 2. The van der Waals surface area contributed by atoms with Gasteiger partial charge in [0.05, 0.1) is 5.69 Å². The number of carbonyl (C=O) groups is 2. The first kappa shape index (κ1) is 15.3. The fraction of sp³-hybridized carbons (Fsp3) is 0.333. The van der Waals surface area contributed by atoms with Gasteiger partial charge in [-0.2, -0.15) is 0 Å². The minimum atomic E-state index is -0.707. The van der Waals surface area contributed by atoms with Crippen LogP contribution in [0, 0.1) is 6.92 Å². The van der Waals surface area contributed by atoms with Gasteiger partial charge in [0.1, 0.15) is 4.88 Å². The van der Waals surface area contributed by atoms with Crippen LogP contribution in [0.4, 0.5) is 5.69 Å². The molecule has 2 rings (SSSR count). The van der Waals surface area contributed by atoms with Crippen molar-refractivity contribution in [3.8, 4) is 0 Å². The molecule has 1 aromatic carbocycles. The summed E-state index contributed by atoms with van der Waals surface area (Å²) in [5.74, 6) is -0.738. The molecule has 0 fully saturated rings. The fourth-order valence-corrected chi connectivity index (χ4v) is 3.35. The second-order valence-electron chi connectivity index (χ2n) is 5.83. The number of primary amides is 1. The highest BCUT2D eigenvalue weighted by Crippen LogP contribution is 2.34. The summed E-state index contributed by atoms with van der Waals surface area (Å²) in [7, 11) is 0. The minimum Gasteiger partial charge on any atom is -0.397 e. The molecule has 0 aliphatic rings. The lowest BCUT2D eigenvalue weighted by molar-refractivity contribution is -0.119. The molecule has 1 heterocycles. The van der Waals surface area contributed by atoms with Crippen LogP contribution in [0.5, 0.6) is 0 Å². The van der Waals surface area contributed by atoms with Crippen LogP contribution in [0.1, 0.15) is 35.5 Å². The van der Waals surface area contributed by atoms with Gasteiger partial charge >= 0.3 is 0 Å². The Balaban J connectivity index is 2.31. The summed E-state index contributed by atoms with van der Waals surface area (Å²) in [5.41, 5.74) is 12.1. The summed E-state index contributed by atoms with van der Waals surface area (Å²) in [6.45, 7) is 5.50. The normalized spacial score (nSPS) is 11.6. The zero-order valence-corrected chi connectivity index (χ0v) is 13.1. The van der Waals surface area contributed by atoms with Gasteiger partial charge < -0.3 is 16.8 Å². The van der Waals surface area contributed by atoms with Crippen LogP contribution in [-0.4, -0.2) is 17.4 Å². The number of hydrogen-bond acceptors (Lipinski definition) is 4. The maximum Gasteiger partial charge on any atom is 0.263 e.